The molecule has 2 N–H and O–H groups in total. The summed E-state index contributed by atoms with van der Waals surface area (Å²) in [6.45, 7) is 13.1. The molecule has 0 radical (unpaired) electrons. The first-order valence-electron chi connectivity index (χ1n) is 8.72. The maximum atomic E-state index is 12.3. The van der Waals surface area contributed by atoms with Gasteiger partial charge < -0.3 is 10.6 Å². The highest BCUT2D eigenvalue weighted by Gasteiger charge is 2.22. The van der Waals surface area contributed by atoms with Crippen molar-refractivity contribution in [3.05, 3.63) is 35.4 Å². The van der Waals surface area contributed by atoms with E-state index in [2.05, 4.69) is 41.5 Å². The van der Waals surface area contributed by atoms with Gasteiger partial charge >= 0.3 is 0 Å². The largest absolute Gasteiger partial charge is 0.350 e. The van der Waals surface area contributed by atoms with Crippen LogP contribution in [0.4, 0.5) is 0 Å². The summed E-state index contributed by atoms with van der Waals surface area (Å²) in [6.07, 6.45) is 0. The number of carbonyl (C=O) groups excluding carboxylic acids is 2. The van der Waals surface area contributed by atoms with Crippen LogP contribution in [0.5, 0.6) is 0 Å². The summed E-state index contributed by atoms with van der Waals surface area (Å²) in [5.41, 5.74) is 2.32. The summed E-state index contributed by atoms with van der Waals surface area (Å²) in [6, 6.07) is 7.80. The molecule has 1 rings (SSSR count). The highest BCUT2D eigenvalue weighted by Crippen LogP contribution is 2.08. The zero-order chi connectivity index (χ0) is 18.1. The average Bonchev–Trinajstić information content (AvgIpc) is 2.56. The van der Waals surface area contributed by atoms with Crippen molar-refractivity contribution in [2.24, 2.45) is 5.92 Å². The zero-order valence-electron chi connectivity index (χ0n) is 15.6. The predicted molar refractivity (Wildman–Crippen MR) is 97.4 cm³/mol. The van der Waals surface area contributed by atoms with E-state index >= 15 is 0 Å². The van der Waals surface area contributed by atoms with Crippen molar-refractivity contribution in [1.29, 1.82) is 0 Å². The SMILES string of the molecule is CCN(CC)Cc1ccc(CNC(=O)[C@H](NC(C)=O)C(C)C)cc1. The molecule has 0 saturated carbocycles. The van der Waals surface area contributed by atoms with Crippen LogP contribution in [0, 0.1) is 5.92 Å². The molecule has 5 heteroatoms. The number of carbonyl (C=O) groups is 2. The minimum Gasteiger partial charge on any atom is -0.350 e. The minimum atomic E-state index is -0.496. The fourth-order valence-electron chi connectivity index (χ4n) is 2.52. The molecule has 1 aromatic carbocycles. The lowest BCUT2D eigenvalue weighted by Crippen LogP contribution is -2.48. The molecule has 0 aliphatic rings. The first-order valence-corrected chi connectivity index (χ1v) is 8.72. The van der Waals surface area contributed by atoms with Gasteiger partial charge in [0.15, 0.2) is 0 Å². The Hall–Kier alpha value is -1.88. The van der Waals surface area contributed by atoms with Gasteiger partial charge in [0.05, 0.1) is 0 Å². The second-order valence-corrected chi connectivity index (χ2v) is 6.42. The van der Waals surface area contributed by atoms with E-state index in [1.165, 1.54) is 12.5 Å². The van der Waals surface area contributed by atoms with E-state index in [-0.39, 0.29) is 17.7 Å². The van der Waals surface area contributed by atoms with Crippen molar-refractivity contribution >= 4 is 11.8 Å². The number of benzene rings is 1. The molecule has 0 fully saturated rings. The lowest BCUT2D eigenvalue weighted by molar-refractivity contribution is -0.129. The minimum absolute atomic E-state index is 0.0466. The Labute approximate surface area is 145 Å². The lowest BCUT2D eigenvalue weighted by atomic mass is 10.0. The van der Waals surface area contributed by atoms with Crippen LogP contribution in [-0.2, 0) is 22.7 Å². The normalized spacial score (nSPS) is 12.3. The third-order valence-corrected chi connectivity index (χ3v) is 4.10. The molecular weight excluding hydrogens is 302 g/mol. The molecule has 134 valence electrons. The van der Waals surface area contributed by atoms with Crippen LogP contribution in [0.15, 0.2) is 24.3 Å². The number of nitrogens with one attached hydrogen (secondary N) is 2. The van der Waals surface area contributed by atoms with E-state index in [1.807, 2.05) is 26.0 Å². The van der Waals surface area contributed by atoms with Gasteiger partial charge in [0.1, 0.15) is 6.04 Å². The molecule has 0 saturated heterocycles. The lowest BCUT2D eigenvalue weighted by Gasteiger charge is -2.21. The number of rotatable bonds is 9. The molecular formula is C19H31N3O2. The number of amides is 2. The van der Waals surface area contributed by atoms with Crippen molar-refractivity contribution in [2.45, 2.75) is 53.8 Å². The van der Waals surface area contributed by atoms with E-state index in [1.54, 1.807) is 0 Å². The molecule has 24 heavy (non-hydrogen) atoms. The van der Waals surface area contributed by atoms with Gasteiger partial charge in [0.2, 0.25) is 11.8 Å². The standard InChI is InChI=1S/C19H31N3O2/c1-6-22(7-2)13-17-10-8-16(9-11-17)12-20-19(24)18(14(3)4)21-15(5)23/h8-11,14,18H,6-7,12-13H2,1-5H3,(H,20,24)(H,21,23)/t18-/m1/s1. The Balaban J connectivity index is 2.57. The highest BCUT2D eigenvalue weighted by molar-refractivity contribution is 5.86. The predicted octanol–water partition coefficient (Wildman–Crippen LogP) is 2.31. The maximum Gasteiger partial charge on any atom is 0.243 e. The third kappa shape index (κ3) is 6.71. The number of hydrogen-bond acceptors (Lipinski definition) is 3. The molecule has 0 unspecified atom stereocenters. The first kappa shape index (κ1) is 20.2. The van der Waals surface area contributed by atoms with Crippen LogP contribution >= 0.6 is 0 Å². The molecule has 0 aromatic heterocycles. The van der Waals surface area contributed by atoms with Crippen molar-refractivity contribution < 1.29 is 9.59 Å². The van der Waals surface area contributed by atoms with Gasteiger partial charge in [0.25, 0.3) is 0 Å². The van der Waals surface area contributed by atoms with Gasteiger partial charge in [-0.15, -0.1) is 0 Å². The van der Waals surface area contributed by atoms with Gasteiger partial charge in [-0.05, 0) is 30.1 Å². The van der Waals surface area contributed by atoms with Gasteiger partial charge in [0, 0.05) is 20.0 Å². The molecule has 0 aliphatic heterocycles. The molecule has 1 atom stereocenters. The number of hydrogen-bond donors (Lipinski definition) is 2. The highest BCUT2D eigenvalue weighted by atomic mass is 16.2. The van der Waals surface area contributed by atoms with Crippen LogP contribution < -0.4 is 10.6 Å². The Morgan fingerprint density at radius 1 is 1.04 bits per heavy atom. The summed E-state index contributed by atoms with van der Waals surface area (Å²) < 4.78 is 0. The zero-order valence-corrected chi connectivity index (χ0v) is 15.6. The van der Waals surface area contributed by atoms with E-state index in [4.69, 9.17) is 0 Å². The van der Waals surface area contributed by atoms with Crippen LogP contribution in [0.2, 0.25) is 0 Å². The molecule has 1 aromatic rings. The van der Waals surface area contributed by atoms with Crippen molar-refractivity contribution in [3.63, 3.8) is 0 Å². The van der Waals surface area contributed by atoms with Crippen molar-refractivity contribution in [1.82, 2.24) is 15.5 Å². The molecule has 0 bridgehead atoms. The van der Waals surface area contributed by atoms with Gasteiger partial charge in [-0.25, -0.2) is 0 Å². The molecule has 5 nitrogen and oxygen atoms in total. The van der Waals surface area contributed by atoms with Gasteiger partial charge in [-0.1, -0.05) is 52.0 Å². The molecule has 0 heterocycles. The third-order valence-electron chi connectivity index (χ3n) is 4.10. The smallest absolute Gasteiger partial charge is 0.243 e. The Morgan fingerprint density at radius 2 is 1.58 bits per heavy atom. The first-order chi connectivity index (χ1) is 11.4. The second kappa shape index (κ2) is 10.1. The summed E-state index contributed by atoms with van der Waals surface area (Å²) in [4.78, 5) is 25.8. The Bertz CT molecular complexity index is 522. The fraction of sp³-hybridized carbons (Fsp3) is 0.579. The fourth-order valence-corrected chi connectivity index (χ4v) is 2.52. The average molecular weight is 333 g/mol. The summed E-state index contributed by atoms with van der Waals surface area (Å²) in [5, 5.41) is 5.61. The van der Waals surface area contributed by atoms with Crippen molar-refractivity contribution in [2.75, 3.05) is 13.1 Å². The molecule has 0 spiro atoms. The molecule has 2 amide bonds. The van der Waals surface area contributed by atoms with Crippen LogP contribution in [0.25, 0.3) is 0 Å². The van der Waals surface area contributed by atoms with Gasteiger partial charge in [-0.2, -0.15) is 0 Å². The topological polar surface area (TPSA) is 61.4 Å². The summed E-state index contributed by atoms with van der Waals surface area (Å²) >= 11 is 0. The molecule has 0 aliphatic carbocycles. The van der Waals surface area contributed by atoms with E-state index in [0.717, 1.165) is 25.2 Å². The Kier molecular flexibility index (Phi) is 8.47. The summed E-state index contributed by atoms with van der Waals surface area (Å²) in [7, 11) is 0. The quantitative estimate of drug-likeness (QED) is 0.729. The number of nitrogens with zero attached hydrogens (tertiary/aromatic N) is 1. The van der Waals surface area contributed by atoms with E-state index in [9.17, 15) is 9.59 Å². The second-order valence-electron chi connectivity index (χ2n) is 6.42. The van der Waals surface area contributed by atoms with Gasteiger partial charge in [-0.3, -0.25) is 14.5 Å². The van der Waals surface area contributed by atoms with Crippen LogP contribution in [0.3, 0.4) is 0 Å². The summed E-state index contributed by atoms with van der Waals surface area (Å²) in [5.74, 6) is -0.289. The van der Waals surface area contributed by atoms with E-state index in [0.29, 0.717) is 6.54 Å². The van der Waals surface area contributed by atoms with Crippen molar-refractivity contribution in [3.8, 4) is 0 Å². The van der Waals surface area contributed by atoms with E-state index < -0.39 is 6.04 Å². The van der Waals surface area contributed by atoms with Crippen LogP contribution in [-0.4, -0.2) is 35.8 Å². The Morgan fingerprint density at radius 3 is 2.04 bits per heavy atom. The van der Waals surface area contributed by atoms with Crippen LogP contribution in [0.1, 0.15) is 45.7 Å². The maximum absolute atomic E-state index is 12.3. The monoisotopic (exact) mass is 333 g/mol.